The number of anilines is 1. The van der Waals surface area contributed by atoms with Crippen molar-refractivity contribution in [1.29, 1.82) is 0 Å². The summed E-state index contributed by atoms with van der Waals surface area (Å²) in [5.74, 6) is 0.822. The Bertz CT molecular complexity index is 902. The van der Waals surface area contributed by atoms with Crippen LogP contribution in [0.5, 0.6) is 11.5 Å². The molecule has 1 saturated heterocycles. The van der Waals surface area contributed by atoms with Gasteiger partial charge in [0.1, 0.15) is 0 Å². The molecule has 4 rings (SSSR count). The summed E-state index contributed by atoms with van der Waals surface area (Å²) in [6.07, 6.45) is 5.01. The second-order valence-electron chi connectivity index (χ2n) is 7.73. The zero-order chi connectivity index (χ0) is 19.7. The van der Waals surface area contributed by atoms with Gasteiger partial charge in [-0.25, -0.2) is 0 Å². The van der Waals surface area contributed by atoms with Gasteiger partial charge in [-0.05, 0) is 61.1 Å². The number of carbonyl (C=O) groups excluding carboxylic acids is 1. The van der Waals surface area contributed by atoms with E-state index in [1.165, 1.54) is 12.8 Å². The molecule has 0 aromatic heterocycles. The first-order valence-corrected chi connectivity index (χ1v) is 9.86. The number of aromatic hydroxyl groups is 1. The molecule has 1 heterocycles. The second kappa shape index (κ2) is 7.58. The van der Waals surface area contributed by atoms with Crippen LogP contribution in [0.25, 0.3) is 5.70 Å². The Balaban J connectivity index is 1.53. The van der Waals surface area contributed by atoms with Crippen molar-refractivity contribution in [3.05, 3.63) is 60.2 Å². The van der Waals surface area contributed by atoms with E-state index in [0.29, 0.717) is 24.4 Å². The Morgan fingerprint density at radius 2 is 1.96 bits per heavy atom. The maximum atomic E-state index is 12.7. The van der Waals surface area contributed by atoms with Gasteiger partial charge in [-0.15, -0.1) is 0 Å². The van der Waals surface area contributed by atoms with Crippen molar-refractivity contribution in [3.63, 3.8) is 0 Å². The van der Waals surface area contributed by atoms with Gasteiger partial charge in [0, 0.05) is 30.3 Å². The fourth-order valence-electron chi connectivity index (χ4n) is 4.12. The van der Waals surface area contributed by atoms with Gasteiger partial charge in [-0.1, -0.05) is 24.8 Å². The molecule has 0 radical (unpaired) electrons. The predicted molar refractivity (Wildman–Crippen MR) is 110 cm³/mol. The predicted octanol–water partition coefficient (Wildman–Crippen LogP) is 4.16. The van der Waals surface area contributed by atoms with Crippen LogP contribution in [-0.2, 0) is 4.79 Å². The van der Waals surface area contributed by atoms with Crippen molar-refractivity contribution in [2.24, 2.45) is 5.73 Å². The maximum absolute atomic E-state index is 12.7. The fraction of sp³-hybridized carbons (Fsp3) is 0.348. The molecule has 5 nitrogen and oxygen atoms in total. The van der Waals surface area contributed by atoms with E-state index in [1.807, 2.05) is 36.4 Å². The summed E-state index contributed by atoms with van der Waals surface area (Å²) in [5.41, 5.74) is 8.95. The van der Waals surface area contributed by atoms with Gasteiger partial charge in [0.2, 0.25) is 5.91 Å². The molecule has 2 aromatic rings. The summed E-state index contributed by atoms with van der Waals surface area (Å²) in [6.45, 7) is 4.36. The van der Waals surface area contributed by atoms with Gasteiger partial charge >= 0.3 is 0 Å². The van der Waals surface area contributed by atoms with Crippen molar-refractivity contribution in [1.82, 2.24) is 0 Å². The first kappa shape index (κ1) is 18.4. The summed E-state index contributed by atoms with van der Waals surface area (Å²) in [6, 6.07) is 13.0. The number of phenols is 1. The van der Waals surface area contributed by atoms with Crippen molar-refractivity contribution in [2.75, 3.05) is 11.4 Å². The third kappa shape index (κ3) is 3.70. The summed E-state index contributed by atoms with van der Waals surface area (Å²) in [4.78, 5) is 14.5. The molecule has 1 amide bonds. The third-order valence-electron chi connectivity index (χ3n) is 5.70. The minimum absolute atomic E-state index is 0.0590. The number of nitrogens with two attached hydrogens (primary N) is 1. The van der Waals surface area contributed by atoms with Crippen LogP contribution in [0.4, 0.5) is 5.69 Å². The van der Waals surface area contributed by atoms with E-state index in [4.69, 9.17) is 10.5 Å². The van der Waals surface area contributed by atoms with E-state index in [9.17, 15) is 9.90 Å². The molecule has 5 heteroatoms. The third-order valence-corrected chi connectivity index (χ3v) is 5.70. The van der Waals surface area contributed by atoms with E-state index in [0.717, 1.165) is 29.7 Å². The van der Waals surface area contributed by atoms with Crippen LogP contribution in [0.3, 0.4) is 0 Å². The van der Waals surface area contributed by atoms with Gasteiger partial charge in [-0.2, -0.15) is 0 Å². The molecule has 2 fully saturated rings. The lowest BCUT2D eigenvalue weighted by Gasteiger charge is -2.19. The number of rotatable bonds is 5. The van der Waals surface area contributed by atoms with Crippen molar-refractivity contribution in [3.8, 4) is 11.5 Å². The maximum Gasteiger partial charge on any atom is 0.227 e. The van der Waals surface area contributed by atoms with Crippen LogP contribution in [0.15, 0.2) is 49.0 Å². The number of ether oxygens (including phenoxy) is 1. The van der Waals surface area contributed by atoms with E-state index < -0.39 is 0 Å². The van der Waals surface area contributed by atoms with Crippen LogP contribution >= 0.6 is 0 Å². The van der Waals surface area contributed by atoms with Crippen LogP contribution in [0.1, 0.15) is 49.1 Å². The molecular weight excluding hydrogens is 352 g/mol. The molecule has 0 spiro atoms. The highest BCUT2D eigenvalue weighted by molar-refractivity contribution is 5.96. The molecule has 1 aliphatic carbocycles. The van der Waals surface area contributed by atoms with Gasteiger partial charge in [0.25, 0.3) is 0 Å². The van der Waals surface area contributed by atoms with E-state index in [2.05, 4.69) is 6.58 Å². The molecule has 1 saturated carbocycles. The van der Waals surface area contributed by atoms with Crippen molar-refractivity contribution >= 4 is 17.3 Å². The average Bonchev–Trinajstić information content (AvgIpc) is 3.33. The van der Waals surface area contributed by atoms with Crippen LogP contribution < -0.4 is 15.4 Å². The molecular formula is C23H26N2O3. The highest BCUT2D eigenvalue weighted by atomic mass is 16.5. The van der Waals surface area contributed by atoms with Gasteiger partial charge in [0.05, 0.1) is 6.10 Å². The molecule has 1 atom stereocenters. The molecule has 146 valence electrons. The highest BCUT2D eigenvalue weighted by Gasteiger charge is 2.32. The monoisotopic (exact) mass is 378 g/mol. The summed E-state index contributed by atoms with van der Waals surface area (Å²) < 4.78 is 6.01. The minimum Gasteiger partial charge on any atom is -0.504 e. The second-order valence-corrected chi connectivity index (χ2v) is 7.73. The normalized spacial score (nSPS) is 19.9. The quantitative estimate of drug-likeness (QED) is 0.819. The molecule has 3 N–H and O–H groups in total. The van der Waals surface area contributed by atoms with Gasteiger partial charge in [-0.3, -0.25) is 4.79 Å². The molecule has 0 unspecified atom stereocenters. The average molecular weight is 378 g/mol. The Kier molecular flexibility index (Phi) is 4.99. The van der Waals surface area contributed by atoms with Crippen LogP contribution in [-0.4, -0.2) is 23.7 Å². The Morgan fingerprint density at radius 1 is 1.18 bits per heavy atom. The lowest BCUT2D eigenvalue weighted by molar-refractivity contribution is -0.117. The molecule has 2 aromatic carbocycles. The number of hydrogen-bond acceptors (Lipinski definition) is 4. The molecule has 1 aliphatic heterocycles. The van der Waals surface area contributed by atoms with Crippen LogP contribution in [0.2, 0.25) is 0 Å². The van der Waals surface area contributed by atoms with E-state index >= 15 is 0 Å². The van der Waals surface area contributed by atoms with Crippen molar-refractivity contribution in [2.45, 2.75) is 44.1 Å². The Hall–Kier alpha value is -2.95. The lowest BCUT2D eigenvalue weighted by atomic mass is 9.98. The van der Waals surface area contributed by atoms with Gasteiger partial charge in [0.15, 0.2) is 11.5 Å². The van der Waals surface area contributed by atoms with Crippen molar-refractivity contribution < 1.29 is 14.6 Å². The number of amides is 1. The van der Waals surface area contributed by atoms with E-state index in [1.54, 1.807) is 11.0 Å². The molecule has 2 aliphatic rings. The smallest absolute Gasteiger partial charge is 0.227 e. The fourth-order valence-corrected chi connectivity index (χ4v) is 4.12. The van der Waals surface area contributed by atoms with Crippen LogP contribution in [0, 0.1) is 0 Å². The number of benzene rings is 2. The molecule has 28 heavy (non-hydrogen) atoms. The zero-order valence-electron chi connectivity index (χ0n) is 15.9. The first-order valence-electron chi connectivity index (χ1n) is 9.86. The lowest BCUT2D eigenvalue weighted by Crippen LogP contribution is -2.24. The summed E-state index contributed by atoms with van der Waals surface area (Å²) >= 11 is 0. The number of carbonyl (C=O) groups is 1. The Morgan fingerprint density at radius 3 is 2.71 bits per heavy atom. The number of hydrogen-bond donors (Lipinski definition) is 2. The zero-order valence-corrected chi connectivity index (χ0v) is 15.9. The van der Waals surface area contributed by atoms with E-state index in [-0.39, 0.29) is 23.7 Å². The summed E-state index contributed by atoms with van der Waals surface area (Å²) in [7, 11) is 0. The number of phenolic OH excluding ortho intramolecular Hbond substituents is 1. The first-order chi connectivity index (χ1) is 13.5. The SMILES string of the molecule is C=C(N)c1cccc(N2C[C@@H](c3ccc(O)c(OC4CCCC4)c3)CC2=O)c1. The summed E-state index contributed by atoms with van der Waals surface area (Å²) in [5, 5.41) is 10.2. The highest BCUT2D eigenvalue weighted by Crippen LogP contribution is 2.37. The standard InChI is InChI=1S/C23H26N2O3/c1-15(24)16-5-4-6-19(11-16)25-14-18(13-23(25)27)17-9-10-21(26)22(12-17)28-20-7-2-3-8-20/h4-6,9-12,18,20,26H,1-3,7-8,13-14,24H2/t18-/m0/s1. The van der Waals surface area contributed by atoms with Gasteiger partial charge < -0.3 is 20.5 Å². The Labute approximate surface area is 165 Å². The minimum atomic E-state index is 0.0590. The topological polar surface area (TPSA) is 75.8 Å². The number of nitrogens with zero attached hydrogens (tertiary/aromatic N) is 1. The largest absolute Gasteiger partial charge is 0.504 e. The molecule has 0 bridgehead atoms.